The van der Waals surface area contributed by atoms with Gasteiger partial charge in [0.1, 0.15) is 5.75 Å². The van der Waals surface area contributed by atoms with Crippen molar-refractivity contribution in [2.45, 2.75) is 40.2 Å². The summed E-state index contributed by atoms with van der Waals surface area (Å²) in [6.07, 6.45) is 1.77. The Morgan fingerprint density at radius 1 is 1.15 bits per heavy atom. The Morgan fingerprint density at radius 2 is 1.90 bits per heavy atom. The predicted molar refractivity (Wildman–Crippen MR) is 82.2 cm³/mol. The largest absolute Gasteiger partial charge is 0.438 e. The molecule has 106 valence electrons. The molecule has 0 saturated carbocycles. The fourth-order valence-electron chi connectivity index (χ4n) is 2.03. The molecule has 1 aromatic carbocycles. The lowest BCUT2D eigenvalue weighted by Crippen LogP contribution is -2.00. The quantitative estimate of drug-likeness (QED) is 0.911. The van der Waals surface area contributed by atoms with Crippen molar-refractivity contribution in [2.75, 3.05) is 0 Å². The van der Waals surface area contributed by atoms with E-state index < -0.39 is 0 Å². The van der Waals surface area contributed by atoms with Gasteiger partial charge in [0.25, 0.3) is 0 Å². The number of aryl methyl sites for hydroxylation is 2. The van der Waals surface area contributed by atoms with Crippen LogP contribution in [-0.2, 0) is 6.54 Å². The zero-order valence-corrected chi connectivity index (χ0v) is 12.6. The molecule has 0 aliphatic rings. The van der Waals surface area contributed by atoms with Gasteiger partial charge in [-0.3, -0.25) is 0 Å². The van der Waals surface area contributed by atoms with E-state index in [1.807, 2.05) is 19.9 Å². The van der Waals surface area contributed by atoms with Crippen LogP contribution in [0.1, 0.15) is 42.0 Å². The fraction of sp³-hybridized carbons (Fsp3) is 0.353. The molecule has 0 fully saturated rings. The molecule has 1 aromatic heterocycles. The number of aromatic nitrogens is 1. The molecule has 0 amide bonds. The van der Waals surface area contributed by atoms with E-state index in [1.165, 1.54) is 5.56 Å². The van der Waals surface area contributed by atoms with Gasteiger partial charge >= 0.3 is 0 Å². The van der Waals surface area contributed by atoms with Crippen molar-refractivity contribution < 1.29 is 4.74 Å². The van der Waals surface area contributed by atoms with Crippen LogP contribution in [0.4, 0.5) is 0 Å². The van der Waals surface area contributed by atoms with Crippen LogP contribution < -0.4 is 10.5 Å². The van der Waals surface area contributed by atoms with Crippen LogP contribution in [-0.4, -0.2) is 4.98 Å². The number of ether oxygens (including phenoxy) is 1. The van der Waals surface area contributed by atoms with Crippen LogP contribution in [0.3, 0.4) is 0 Å². The Labute approximate surface area is 120 Å². The molecule has 0 radical (unpaired) electrons. The van der Waals surface area contributed by atoms with Crippen molar-refractivity contribution in [2.24, 2.45) is 5.73 Å². The molecular weight excluding hydrogens is 248 g/mol. The zero-order chi connectivity index (χ0) is 14.7. The molecule has 1 heterocycles. The Morgan fingerprint density at radius 3 is 2.50 bits per heavy atom. The van der Waals surface area contributed by atoms with E-state index >= 15 is 0 Å². The molecule has 0 spiro atoms. The molecule has 0 aliphatic carbocycles. The molecular formula is C17H22N2O. The third kappa shape index (κ3) is 3.17. The molecule has 20 heavy (non-hydrogen) atoms. The maximum atomic E-state index is 5.98. The number of hydrogen-bond acceptors (Lipinski definition) is 3. The third-order valence-corrected chi connectivity index (χ3v) is 3.41. The highest BCUT2D eigenvalue weighted by molar-refractivity contribution is 5.41. The summed E-state index contributed by atoms with van der Waals surface area (Å²) in [5, 5.41) is 0. The average molecular weight is 270 g/mol. The number of hydrogen-bond donors (Lipinski definition) is 1. The first-order valence-corrected chi connectivity index (χ1v) is 6.95. The van der Waals surface area contributed by atoms with Gasteiger partial charge in [0.2, 0.25) is 5.88 Å². The fourth-order valence-corrected chi connectivity index (χ4v) is 2.03. The summed E-state index contributed by atoms with van der Waals surface area (Å²) in [7, 11) is 0. The Hall–Kier alpha value is -1.87. The number of pyridine rings is 1. The SMILES string of the molecule is Cc1ccc(C(C)C)cc1Oc1ncc(CN)cc1C. The maximum Gasteiger partial charge on any atom is 0.222 e. The van der Waals surface area contributed by atoms with Gasteiger partial charge in [-0.2, -0.15) is 0 Å². The second-order valence-corrected chi connectivity index (χ2v) is 5.45. The van der Waals surface area contributed by atoms with Gasteiger partial charge in [-0.15, -0.1) is 0 Å². The Bertz CT molecular complexity index is 606. The number of benzene rings is 1. The van der Waals surface area contributed by atoms with E-state index in [2.05, 4.69) is 37.0 Å². The van der Waals surface area contributed by atoms with Gasteiger partial charge in [-0.25, -0.2) is 4.98 Å². The minimum Gasteiger partial charge on any atom is -0.438 e. The minimum atomic E-state index is 0.478. The highest BCUT2D eigenvalue weighted by atomic mass is 16.5. The van der Waals surface area contributed by atoms with Gasteiger partial charge in [-0.05, 0) is 48.6 Å². The van der Waals surface area contributed by atoms with Crippen LogP contribution in [0.5, 0.6) is 11.6 Å². The molecule has 3 heteroatoms. The number of rotatable bonds is 4. The molecule has 0 bridgehead atoms. The van der Waals surface area contributed by atoms with Crippen molar-refractivity contribution in [1.29, 1.82) is 0 Å². The van der Waals surface area contributed by atoms with E-state index in [4.69, 9.17) is 10.5 Å². The minimum absolute atomic E-state index is 0.478. The lowest BCUT2D eigenvalue weighted by atomic mass is 10.0. The predicted octanol–water partition coefficient (Wildman–Crippen LogP) is 4.07. The summed E-state index contributed by atoms with van der Waals surface area (Å²) in [5.74, 6) is 1.99. The molecule has 2 N–H and O–H groups in total. The summed E-state index contributed by atoms with van der Waals surface area (Å²) in [5.41, 5.74) is 10.0. The van der Waals surface area contributed by atoms with Crippen LogP contribution in [0.25, 0.3) is 0 Å². The molecule has 0 saturated heterocycles. The summed E-state index contributed by atoms with van der Waals surface area (Å²) >= 11 is 0. The number of nitrogens with zero attached hydrogens (tertiary/aromatic N) is 1. The lowest BCUT2D eigenvalue weighted by molar-refractivity contribution is 0.454. The van der Waals surface area contributed by atoms with Crippen molar-refractivity contribution in [3.8, 4) is 11.6 Å². The second kappa shape index (κ2) is 6.06. The number of nitrogens with two attached hydrogens (primary N) is 1. The van der Waals surface area contributed by atoms with Crippen molar-refractivity contribution in [3.63, 3.8) is 0 Å². The third-order valence-electron chi connectivity index (χ3n) is 3.41. The standard InChI is InChI=1S/C17H22N2O/c1-11(2)15-6-5-12(3)16(8-15)20-17-13(4)7-14(9-18)10-19-17/h5-8,10-11H,9,18H2,1-4H3. The van der Waals surface area contributed by atoms with E-state index in [0.29, 0.717) is 18.3 Å². The van der Waals surface area contributed by atoms with Gasteiger partial charge in [0.15, 0.2) is 0 Å². The normalized spacial score (nSPS) is 10.9. The first kappa shape index (κ1) is 14.5. The average Bonchev–Trinajstić information content (AvgIpc) is 2.42. The molecule has 0 unspecified atom stereocenters. The summed E-state index contributed by atoms with van der Waals surface area (Å²) in [6, 6.07) is 8.35. The van der Waals surface area contributed by atoms with Crippen molar-refractivity contribution in [1.82, 2.24) is 4.98 Å². The van der Waals surface area contributed by atoms with Gasteiger partial charge in [-0.1, -0.05) is 26.0 Å². The Kier molecular flexibility index (Phi) is 4.40. The van der Waals surface area contributed by atoms with E-state index in [0.717, 1.165) is 22.4 Å². The summed E-state index contributed by atoms with van der Waals surface area (Å²) in [4.78, 5) is 4.36. The monoisotopic (exact) mass is 270 g/mol. The molecule has 0 atom stereocenters. The molecule has 2 rings (SSSR count). The lowest BCUT2D eigenvalue weighted by Gasteiger charge is -2.13. The second-order valence-electron chi connectivity index (χ2n) is 5.45. The van der Waals surface area contributed by atoms with E-state index in [1.54, 1.807) is 6.20 Å². The maximum absolute atomic E-state index is 5.98. The van der Waals surface area contributed by atoms with Gasteiger partial charge < -0.3 is 10.5 Å². The summed E-state index contributed by atoms with van der Waals surface area (Å²) in [6.45, 7) is 8.88. The van der Waals surface area contributed by atoms with Crippen LogP contribution in [0.2, 0.25) is 0 Å². The van der Waals surface area contributed by atoms with Crippen molar-refractivity contribution in [3.05, 3.63) is 52.7 Å². The Balaban J connectivity index is 2.32. The van der Waals surface area contributed by atoms with E-state index in [-0.39, 0.29) is 0 Å². The van der Waals surface area contributed by atoms with E-state index in [9.17, 15) is 0 Å². The molecule has 3 nitrogen and oxygen atoms in total. The highest BCUT2D eigenvalue weighted by Gasteiger charge is 2.09. The van der Waals surface area contributed by atoms with Crippen LogP contribution >= 0.6 is 0 Å². The summed E-state index contributed by atoms with van der Waals surface area (Å²) < 4.78 is 5.98. The smallest absolute Gasteiger partial charge is 0.222 e. The van der Waals surface area contributed by atoms with Crippen molar-refractivity contribution >= 4 is 0 Å². The first-order valence-electron chi connectivity index (χ1n) is 6.95. The first-order chi connectivity index (χ1) is 9.51. The van der Waals surface area contributed by atoms with Gasteiger partial charge in [0.05, 0.1) is 0 Å². The molecule has 2 aromatic rings. The molecule has 0 aliphatic heterocycles. The highest BCUT2D eigenvalue weighted by Crippen LogP contribution is 2.29. The topological polar surface area (TPSA) is 48.1 Å². The zero-order valence-electron chi connectivity index (χ0n) is 12.6. The van der Waals surface area contributed by atoms with Gasteiger partial charge in [0, 0.05) is 18.3 Å². The van der Waals surface area contributed by atoms with Crippen LogP contribution in [0, 0.1) is 13.8 Å². The van der Waals surface area contributed by atoms with Crippen LogP contribution in [0.15, 0.2) is 30.5 Å².